The first kappa shape index (κ1) is 15.2. The number of rotatable bonds is 5. The molecule has 0 unspecified atom stereocenters. The molecule has 0 bridgehead atoms. The van der Waals surface area contributed by atoms with Crippen LogP contribution in [-0.2, 0) is 6.54 Å². The number of aromatic nitrogens is 1. The summed E-state index contributed by atoms with van der Waals surface area (Å²) in [6, 6.07) is 1.51. The van der Waals surface area contributed by atoms with Crippen LogP contribution in [-0.4, -0.2) is 17.6 Å². The van der Waals surface area contributed by atoms with E-state index < -0.39 is 0 Å². The predicted molar refractivity (Wildman–Crippen MR) is 78.2 cm³/mol. The monoisotopic (exact) mass is 280 g/mol. The number of pyridine rings is 1. The molecule has 1 aliphatic rings. The molecule has 1 fully saturated rings. The zero-order valence-electron chi connectivity index (χ0n) is 12.7. The van der Waals surface area contributed by atoms with Crippen molar-refractivity contribution in [3.8, 4) is 5.88 Å². The summed E-state index contributed by atoms with van der Waals surface area (Å²) in [7, 11) is 0. The first-order valence-corrected chi connectivity index (χ1v) is 7.52. The van der Waals surface area contributed by atoms with E-state index in [0.29, 0.717) is 17.8 Å². The third-order valence-corrected chi connectivity index (χ3v) is 4.02. The molecule has 112 valence electrons. The van der Waals surface area contributed by atoms with E-state index in [2.05, 4.69) is 24.1 Å². The van der Waals surface area contributed by atoms with Gasteiger partial charge in [-0.2, -0.15) is 0 Å². The van der Waals surface area contributed by atoms with Gasteiger partial charge in [0.15, 0.2) is 0 Å². The maximum Gasteiger partial charge on any atom is 0.218 e. The number of ether oxygens (including phenoxy) is 1. The Balaban J connectivity index is 2.01. The van der Waals surface area contributed by atoms with E-state index in [4.69, 9.17) is 4.74 Å². The topological polar surface area (TPSA) is 34.2 Å². The fourth-order valence-electron chi connectivity index (χ4n) is 2.61. The Labute approximate surface area is 120 Å². The minimum atomic E-state index is -0.310. The molecule has 0 spiro atoms. The van der Waals surface area contributed by atoms with Crippen LogP contribution in [0.25, 0.3) is 0 Å². The third-order valence-electron chi connectivity index (χ3n) is 4.02. The smallest absolute Gasteiger partial charge is 0.218 e. The maximum atomic E-state index is 13.3. The summed E-state index contributed by atoms with van der Waals surface area (Å²) >= 11 is 0. The molecule has 0 radical (unpaired) electrons. The molecule has 2 rings (SSSR count). The van der Waals surface area contributed by atoms with E-state index in [1.54, 1.807) is 0 Å². The maximum absolute atomic E-state index is 13.3. The first-order chi connectivity index (χ1) is 9.50. The van der Waals surface area contributed by atoms with Gasteiger partial charge in [0, 0.05) is 12.1 Å². The molecule has 1 saturated carbocycles. The molecule has 4 heteroatoms. The Morgan fingerprint density at radius 3 is 2.75 bits per heavy atom. The second kappa shape index (κ2) is 6.53. The summed E-state index contributed by atoms with van der Waals surface area (Å²) in [5, 5.41) is 3.20. The van der Waals surface area contributed by atoms with Gasteiger partial charge in [-0.15, -0.1) is 0 Å². The van der Waals surface area contributed by atoms with Crippen LogP contribution in [0.1, 0.15) is 52.0 Å². The molecular weight excluding hydrogens is 255 g/mol. The summed E-state index contributed by atoms with van der Waals surface area (Å²) in [4.78, 5) is 4.12. The van der Waals surface area contributed by atoms with Crippen molar-refractivity contribution < 1.29 is 9.13 Å². The second-order valence-electron chi connectivity index (χ2n) is 6.38. The Hall–Kier alpha value is -1.16. The highest BCUT2D eigenvalue weighted by atomic mass is 19.1. The Kier molecular flexibility index (Phi) is 4.97. The lowest BCUT2D eigenvalue weighted by molar-refractivity contribution is 0.0937. The van der Waals surface area contributed by atoms with Gasteiger partial charge in [0.05, 0.1) is 6.20 Å². The Bertz CT molecular complexity index is 438. The normalized spacial score (nSPS) is 19.0. The minimum Gasteiger partial charge on any atom is -0.474 e. The minimum absolute atomic E-state index is 0.210. The molecular formula is C16H25FN2O. The van der Waals surface area contributed by atoms with Crippen molar-refractivity contribution in [1.29, 1.82) is 0 Å². The molecule has 1 aromatic heterocycles. The van der Waals surface area contributed by atoms with Crippen LogP contribution in [0, 0.1) is 11.2 Å². The van der Waals surface area contributed by atoms with Crippen LogP contribution in [0.5, 0.6) is 5.88 Å². The van der Waals surface area contributed by atoms with Gasteiger partial charge in [-0.25, -0.2) is 9.37 Å². The quantitative estimate of drug-likeness (QED) is 0.893. The van der Waals surface area contributed by atoms with E-state index in [-0.39, 0.29) is 11.9 Å². The molecule has 20 heavy (non-hydrogen) atoms. The SMILES string of the molecule is CCNCc1cc(F)cnc1OC1CCC(C)(C)CC1. The number of hydrogen-bond acceptors (Lipinski definition) is 3. The van der Waals surface area contributed by atoms with E-state index >= 15 is 0 Å². The number of hydrogen-bond donors (Lipinski definition) is 1. The van der Waals surface area contributed by atoms with Crippen molar-refractivity contribution in [2.75, 3.05) is 6.54 Å². The fourth-order valence-corrected chi connectivity index (χ4v) is 2.61. The van der Waals surface area contributed by atoms with Crippen LogP contribution in [0.2, 0.25) is 0 Å². The predicted octanol–water partition coefficient (Wildman–Crippen LogP) is 3.68. The van der Waals surface area contributed by atoms with E-state index in [0.717, 1.165) is 24.9 Å². The highest BCUT2D eigenvalue weighted by Gasteiger charge is 2.28. The summed E-state index contributed by atoms with van der Waals surface area (Å²) in [6.45, 7) is 8.06. The van der Waals surface area contributed by atoms with Crippen LogP contribution in [0.15, 0.2) is 12.3 Å². The van der Waals surface area contributed by atoms with Gasteiger partial charge in [0.2, 0.25) is 5.88 Å². The van der Waals surface area contributed by atoms with Crippen molar-refractivity contribution >= 4 is 0 Å². The van der Waals surface area contributed by atoms with Crippen LogP contribution < -0.4 is 10.1 Å². The Morgan fingerprint density at radius 2 is 2.10 bits per heavy atom. The lowest BCUT2D eigenvalue weighted by Crippen LogP contribution is -2.29. The van der Waals surface area contributed by atoms with Crippen molar-refractivity contribution in [2.24, 2.45) is 5.41 Å². The summed E-state index contributed by atoms with van der Waals surface area (Å²) in [5.41, 5.74) is 1.22. The number of nitrogens with zero attached hydrogens (tertiary/aromatic N) is 1. The largest absolute Gasteiger partial charge is 0.474 e. The van der Waals surface area contributed by atoms with Gasteiger partial charge < -0.3 is 10.1 Å². The first-order valence-electron chi connectivity index (χ1n) is 7.52. The molecule has 0 saturated heterocycles. The average molecular weight is 280 g/mol. The molecule has 0 atom stereocenters. The zero-order valence-corrected chi connectivity index (χ0v) is 12.7. The third kappa shape index (κ3) is 4.17. The standard InChI is InChI=1S/C16H25FN2O/c1-4-18-10-12-9-13(17)11-19-15(12)20-14-5-7-16(2,3)8-6-14/h9,11,14,18H,4-8,10H2,1-3H3. The molecule has 0 aromatic carbocycles. The van der Waals surface area contributed by atoms with Crippen molar-refractivity contribution in [3.63, 3.8) is 0 Å². The molecule has 1 aliphatic carbocycles. The van der Waals surface area contributed by atoms with Gasteiger partial charge in [0.1, 0.15) is 11.9 Å². The van der Waals surface area contributed by atoms with Crippen LogP contribution in [0.3, 0.4) is 0 Å². The highest BCUT2D eigenvalue weighted by molar-refractivity contribution is 5.26. The van der Waals surface area contributed by atoms with Crippen molar-refractivity contribution in [2.45, 2.75) is 59.1 Å². The molecule has 0 aliphatic heterocycles. The average Bonchev–Trinajstić information content (AvgIpc) is 2.41. The summed E-state index contributed by atoms with van der Waals surface area (Å²) in [5.74, 6) is 0.270. The van der Waals surface area contributed by atoms with Gasteiger partial charge in [-0.3, -0.25) is 0 Å². The van der Waals surface area contributed by atoms with E-state index in [9.17, 15) is 4.39 Å². The molecule has 0 amide bonds. The molecule has 3 nitrogen and oxygen atoms in total. The zero-order chi connectivity index (χ0) is 14.6. The highest BCUT2D eigenvalue weighted by Crippen LogP contribution is 2.36. The molecule has 1 aromatic rings. The number of nitrogens with one attached hydrogen (secondary N) is 1. The van der Waals surface area contributed by atoms with Gasteiger partial charge in [-0.1, -0.05) is 20.8 Å². The van der Waals surface area contributed by atoms with Gasteiger partial charge >= 0.3 is 0 Å². The fraction of sp³-hybridized carbons (Fsp3) is 0.688. The van der Waals surface area contributed by atoms with Gasteiger partial charge in [-0.05, 0) is 43.7 Å². The second-order valence-corrected chi connectivity index (χ2v) is 6.38. The molecule has 1 heterocycles. The Morgan fingerprint density at radius 1 is 1.40 bits per heavy atom. The lowest BCUT2D eigenvalue weighted by Gasteiger charge is -2.34. The lowest BCUT2D eigenvalue weighted by atomic mass is 9.76. The van der Waals surface area contributed by atoms with E-state index in [1.165, 1.54) is 25.1 Å². The number of halogens is 1. The van der Waals surface area contributed by atoms with Gasteiger partial charge in [0.25, 0.3) is 0 Å². The van der Waals surface area contributed by atoms with Crippen molar-refractivity contribution in [3.05, 3.63) is 23.6 Å². The molecule has 1 N–H and O–H groups in total. The van der Waals surface area contributed by atoms with Crippen LogP contribution in [0.4, 0.5) is 4.39 Å². The van der Waals surface area contributed by atoms with Crippen LogP contribution >= 0.6 is 0 Å². The summed E-state index contributed by atoms with van der Waals surface area (Å²) < 4.78 is 19.3. The van der Waals surface area contributed by atoms with Crippen molar-refractivity contribution in [1.82, 2.24) is 10.3 Å². The van der Waals surface area contributed by atoms with E-state index in [1.807, 2.05) is 6.92 Å². The summed E-state index contributed by atoms with van der Waals surface area (Å²) in [6.07, 6.45) is 5.88.